The van der Waals surface area contributed by atoms with Gasteiger partial charge in [-0.2, -0.15) is 0 Å². The number of hydrogen-bond acceptors (Lipinski definition) is 2. The number of likely N-dealkylation sites (tertiary alicyclic amines) is 1. The third-order valence-corrected chi connectivity index (χ3v) is 3.37. The molecule has 102 valence electrons. The van der Waals surface area contributed by atoms with Gasteiger partial charge in [0.15, 0.2) is 0 Å². The van der Waals surface area contributed by atoms with Crippen LogP contribution in [0, 0.1) is 11.8 Å². The minimum absolute atomic E-state index is 0.588. The van der Waals surface area contributed by atoms with Crippen LogP contribution in [-0.4, -0.2) is 37.0 Å². The third-order valence-electron chi connectivity index (χ3n) is 3.18. The van der Waals surface area contributed by atoms with E-state index in [2.05, 4.69) is 16.7 Å². The van der Waals surface area contributed by atoms with Crippen molar-refractivity contribution < 1.29 is 4.74 Å². The summed E-state index contributed by atoms with van der Waals surface area (Å²) in [5.41, 5.74) is 1.01. The molecule has 3 heteroatoms. The molecule has 0 aliphatic carbocycles. The van der Waals surface area contributed by atoms with E-state index in [1.54, 1.807) is 0 Å². The topological polar surface area (TPSA) is 12.5 Å². The molecule has 0 unspecified atom stereocenters. The lowest BCUT2D eigenvalue weighted by molar-refractivity contribution is 0.238. The van der Waals surface area contributed by atoms with Crippen molar-refractivity contribution in [1.82, 2.24) is 4.90 Å². The fourth-order valence-corrected chi connectivity index (χ4v) is 2.24. The van der Waals surface area contributed by atoms with Gasteiger partial charge in [0.1, 0.15) is 12.4 Å². The van der Waals surface area contributed by atoms with E-state index in [1.807, 2.05) is 24.3 Å². The van der Waals surface area contributed by atoms with Crippen LogP contribution in [0.3, 0.4) is 0 Å². The quantitative estimate of drug-likeness (QED) is 0.606. The molecule has 0 amide bonds. The Bertz CT molecular complexity index is 426. The SMILES string of the molecule is ClCCC#Cc1ccc(OCCN2CCCC2)cc1. The molecule has 1 fully saturated rings. The third kappa shape index (κ3) is 5.14. The van der Waals surface area contributed by atoms with Crippen LogP contribution in [0.5, 0.6) is 5.75 Å². The first kappa shape index (κ1) is 14.2. The van der Waals surface area contributed by atoms with Gasteiger partial charge in [-0.15, -0.1) is 11.6 Å². The van der Waals surface area contributed by atoms with Crippen LogP contribution in [0.2, 0.25) is 0 Å². The summed E-state index contributed by atoms with van der Waals surface area (Å²) in [7, 11) is 0. The maximum absolute atomic E-state index is 5.74. The first-order chi connectivity index (χ1) is 9.38. The van der Waals surface area contributed by atoms with Crippen LogP contribution in [0.1, 0.15) is 24.8 Å². The van der Waals surface area contributed by atoms with Gasteiger partial charge in [-0.05, 0) is 50.2 Å². The van der Waals surface area contributed by atoms with Crippen LogP contribution in [0.25, 0.3) is 0 Å². The highest BCUT2D eigenvalue weighted by Crippen LogP contribution is 2.12. The molecule has 0 aromatic heterocycles. The lowest BCUT2D eigenvalue weighted by Gasteiger charge is -2.14. The number of benzene rings is 1. The minimum Gasteiger partial charge on any atom is -0.492 e. The molecule has 1 aromatic rings. The first-order valence-electron chi connectivity index (χ1n) is 6.88. The van der Waals surface area contributed by atoms with Gasteiger partial charge in [0.05, 0.1) is 0 Å². The molecule has 2 rings (SSSR count). The summed E-state index contributed by atoms with van der Waals surface area (Å²) < 4.78 is 5.74. The average molecular weight is 278 g/mol. The lowest BCUT2D eigenvalue weighted by atomic mass is 10.2. The Kier molecular flexibility index (Phi) is 6.07. The summed E-state index contributed by atoms with van der Waals surface area (Å²) in [4.78, 5) is 2.45. The number of ether oxygens (including phenoxy) is 1. The molecule has 0 spiro atoms. The van der Waals surface area contributed by atoms with Gasteiger partial charge >= 0.3 is 0 Å². The smallest absolute Gasteiger partial charge is 0.119 e. The molecule has 19 heavy (non-hydrogen) atoms. The summed E-state index contributed by atoms with van der Waals surface area (Å²) in [6, 6.07) is 7.95. The fourth-order valence-electron chi connectivity index (χ4n) is 2.15. The van der Waals surface area contributed by atoms with Gasteiger partial charge < -0.3 is 4.74 Å². The molecule has 1 aliphatic rings. The van der Waals surface area contributed by atoms with Crippen LogP contribution in [0.15, 0.2) is 24.3 Å². The fraction of sp³-hybridized carbons (Fsp3) is 0.500. The lowest BCUT2D eigenvalue weighted by Crippen LogP contribution is -2.25. The second-order valence-corrected chi connectivity index (χ2v) is 5.04. The van der Waals surface area contributed by atoms with E-state index in [0.29, 0.717) is 5.88 Å². The van der Waals surface area contributed by atoms with Crippen LogP contribution in [0.4, 0.5) is 0 Å². The highest BCUT2D eigenvalue weighted by molar-refractivity contribution is 6.18. The number of alkyl halides is 1. The summed E-state index contributed by atoms with van der Waals surface area (Å²) in [5, 5.41) is 0. The second-order valence-electron chi connectivity index (χ2n) is 4.66. The van der Waals surface area contributed by atoms with Crippen molar-refractivity contribution in [2.75, 3.05) is 32.1 Å². The molecule has 0 radical (unpaired) electrons. The maximum Gasteiger partial charge on any atom is 0.119 e. The van der Waals surface area contributed by atoms with Crippen LogP contribution in [-0.2, 0) is 0 Å². The summed E-state index contributed by atoms with van der Waals surface area (Å²) >= 11 is 5.58. The van der Waals surface area contributed by atoms with Gasteiger partial charge in [-0.3, -0.25) is 4.90 Å². The molecule has 0 atom stereocenters. The first-order valence-corrected chi connectivity index (χ1v) is 7.42. The van der Waals surface area contributed by atoms with Gasteiger partial charge in [-0.25, -0.2) is 0 Å². The Morgan fingerprint density at radius 3 is 2.58 bits per heavy atom. The van der Waals surface area contributed by atoms with Gasteiger partial charge in [0, 0.05) is 24.4 Å². The van der Waals surface area contributed by atoms with Crippen molar-refractivity contribution in [1.29, 1.82) is 0 Å². The number of nitrogens with zero attached hydrogens (tertiary/aromatic N) is 1. The van der Waals surface area contributed by atoms with Crippen molar-refractivity contribution in [3.63, 3.8) is 0 Å². The van der Waals surface area contributed by atoms with E-state index in [1.165, 1.54) is 25.9 Å². The highest BCUT2D eigenvalue weighted by Gasteiger charge is 2.10. The molecular formula is C16H20ClNO. The monoisotopic (exact) mass is 277 g/mol. The number of hydrogen-bond donors (Lipinski definition) is 0. The van der Waals surface area contributed by atoms with Crippen molar-refractivity contribution >= 4 is 11.6 Å². The molecule has 1 aliphatic heterocycles. The zero-order valence-electron chi connectivity index (χ0n) is 11.2. The Morgan fingerprint density at radius 2 is 1.89 bits per heavy atom. The van der Waals surface area contributed by atoms with Crippen molar-refractivity contribution in [2.24, 2.45) is 0 Å². The predicted molar refractivity (Wildman–Crippen MR) is 79.8 cm³/mol. The molecule has 0 bridgehead atoms. The van der Waals surface area contributed by atoms with Crippen molar-refractivity contribution in [2.45, 2.75) is 19.3 Å². The zero-order chi connectivity index (χ0) is 13.3. The second kappa shape index (κ2) is 8.09. The molecule has 1 heterocycles. The molecule has 1 aromatic carbocycles. The molecule has 1 saturated heterocycles. The number of rotatable bonds is 5. The predicted octanol–water partition coefficient (Wildman–Crippen LogP) is 3.14. The molecule has 0 N–H and O–H groups in total. The Hall–Kier alpha value is -1.17. The average Bonchev–Trinajstić information content (AvgIpc) is 2.94. The van der Waals surface area contributed by atoms with E-state index in [0.717, 1.165) is 30.9 Å². The highest BCUT2D eigenvalue weighted by atomic mass is 35.5. The molecule has 0 saturated carbocycles. The molecular weight excluding hydrogens is 258 g/mol. The maximum atomic E-state index is 5.74. The van der Waals surface area contributed by atoms with Gasteiger partial charge in [0.2, 0.25) is 0 Å². The zero-order valence-corrected chi connectivity index (χ0v) is 12.0. The minimum atomic E-state index is 0.588. The van der Waals surface area contributed by atoms with E-state index < -0.39 is 0 Å². The normalized spacial score (nSPS) is 15.0. The van der Waals surface area contributed by atoms with E-state index in [-0.39, 0.29) is 0 Å². The Balaban J connectivity index is 1.73. The largest absolute Gasteiger partial charge is 0.492 e. The van der Waals surface area contributed by atoms with Gasteiger partial charge in [-0.1, -0.05) is 11.8 Å². The standard InChI is InChI=1S/C16H20ClNO/c17-10-2-1-5-15-6-8-16(9-7-15)19-14-13-18-11-3-4-12-18/h6-9H,2-4,10-14H2. The summed E-state index contributed by atoms with van der Waals surface area (Å²) in [6.07, 6.45) is 3.39. The Morgan fingerprint density at radius 1 is 1.16 bits per heavy atom. The van der Waals surface area contributed by atoms with E-state index >= 15 is 0 Å². The van der Waals surface area contributed by atoms with Crippen LogP contribution < -0.4 is 4.74 Å². The number of halogens is 1. The van der Waals surface area contributed by atoms with Gasteiger partial charge in [0.25, 0.3) is 0 Å². The Labute approximate surface area is 120 Å². The molecule has 2 nitrogen and oxygen atoms in total. The summed E-state index contributed by atoms with van der Waals surface area (Å²) in [5.74, 6) is 7.60. The van der Waals surface area contributed by atoms with Crippen LogP contribution >= 0.6 is 11.6 Å². The van der Waals surface area contributed by atoms with Crippen molar-refractivity contribution in [3.05, 3.63) is 29.8 Å². The van der Waals surface area contributed by atoms with E-state index in [9.17, 15) is 0 Å². The van der Waals surface area contributed by atoms with Crippen molar-refractivity contribution in [3.8, 4) is 17.6 Å². The van der Waals surface area contributed by atoms with E-state index in [4.69, 9.17) is 16.3 Å². The summed E-state index contributed by atoms with van der Waals surface area (Å²) in [6.45, 7) is 4.23.